The second-order valence-corrected chi connectivity index (χ2v) is 5.36. The van der Waals surface area contributed by atoms with Crippen LogP contribution in [0.25, 0.3) is 0 Å². The topological polar surface area (TPSA) is 33.4 Å². The van der Waals surface area contributed by atoms with Crippen LogP contribution >= 0.6 is 0 Å². The Morgan fingerprint density at radius 1 is 1.47 bits per heavy atom. The summed E-state index contributed by atoms with van der Waals surface area (Å²) in [4.78, 5) is 0. The summed E-state index contributed by atoms with van der Waals surface area (Å²) in [7, 11) is 0. The zero-order valence-electron chi connectivity index (χ0n) is 8.98. The first kappa shape index (κ1) is 9.46. The van der Waals surface area contributed by atoms with Crippen LogP contribution in [0.1, 0.15) is 31.4 Å². The molecule has 3 atom stereocenters. The lowest BCUT2D eigenvalue weighted by atomic mass is 9.71. The minimum atomic E-state index is 0.140. The number of rotatable bonds is 3. The van der Waals surface area contributed by atoms with E-state index in [0.29, 0.717) is 6.61 Å². The third-order valence-corrected chi connectivity index (χ3v) is 4.52. The standard InChI is InChI=1S/C13H18O2/c14-9-13(8-12-2-1-5-15-12)7-10-3-4-11(13)6-10/h1-2,5,10-11,14H,3-4,6-9H2. The van der Waals surface area contributed by atoms with Crippen molar-refractivity contribution in [2.45, 2.75) is 32.1 Å². The summed E-state index contributed by atoms with van der Waals surface area (Å²) >= 11 is 0. The first-order valence-electron chi connectivity index (χ1n) is 5.96. The van der Waals surface area contributed by atoms with Gasteiger partial charge in [0.2, 0.25) is 0 Å². The molecule has 3 unspecified atom stereocenters. The molecule has 2 bridgehead atoms. The van der Waals surface area contributed by atoms with Crippen LogP contribution in [0.15, 0.2) is 22.8 Å². The molecule has 0 aromatic carbocycles. The van der Waals surface area contributed by atoms with Crippen LogP contribution < -0.4 is 0 Å². The Labute approximate surface area is 90.3 Å². The van der Waals surface area contributed by atoms with Gasteiger partial charge in [0, 0.05) is 18.4 Å². The fraction of sp³-hybridized carbons (Fsp3) is 0.692. The molecule has 0 saturated heterocycles. The van der Waals surface area contributed by atoms with Gasteiger partial charge in [-0.2, -0.15) is 0 Å². The van der Waals surface area contributed by atoms with E-state index in [1.165, 1.54) is 25.7 Å². The molecule has 0 radical (unpaired) electrons. The first-order chi connectivity index (χ1) is 7.32. The maximum absolute atomic E-state index is 9.70. The van der Waals surface area contributed by atoms with Gasteiger partial charge in [-0.05, 0) is 43.2 Å². The first-order valence-corrected chi connectivity index (χ1v) is 5.96. The fourth-order valence-electron chi connectivity index (χ4n) is 3.78. The summed E-state index contributed by atoms with van der Waals surface area (Å²) in [5.74, 6) is 2.64. The predicted octanol–water partition coefficient (Wildman–Crippen LogP) is 2.62. The van der Waals surface area contributed by atoms with E-state index < -0.39 is 0 Å². The van der Waals surface area contributed by atoms with Crippen LogP contribution in [-0.2, 0) is 6.42 Å². The zero-order valence-corrected chi connectivity index (χ0v) is 8.98. The second-order valence-electron chi connectivity index (χ2n) is 5.36. The van der Waals surface area contributed by atoms with Crippen molar-refractivity contribution in [3.63, 3.8) is 0 Å². The van der Waals surface area contributed by atoms with Gasteiger partial charge in [-0.15, -0.1) is 0 Å². The number of aliphatic hydroxyl groups excluding tert-OH is 1. The number of furan rings is 1. The Morgan fingerprint density at radius 2 is 2.40 bits per heavy atom. The van der Waals surface area contributed by atoms with E-state index in [0.717, 1.165) is 24.0 Å². The Kier molecular flexibility index (Phi) is 2.13. The molecule has 3 rings (SSSR count). The molecule has 1 heterocycles. The quantitative estimate of drug-likeness (QED) is 0.824. The summed E-state index contributed by atoms with van der Waals surface area (Å²) < 4.78 is 5.42. The van der Waals surface area contributed by atoms with Gasteiger partial charge in [0.15, 0.2) is 0 Å². The Morgan fingerprint density at radius 3 is 2.93 bits per heavy atom. The second kappa shape index (κ2) is 3.38. The number of hydrogen-bond donors (Lipinski definition) is 1. The molecule has 2 aliphatic carbocycles. The van der Waals surface area contributed by atoms with Crippen LogP contribution in [0.5, 0.6) is 0 Å². The Hall–Kier alpha value is -0.760. The van der Waals surface area contributed by atoms with Crippen LogP contribution in [0, 0.1) is 17.3 Å². The highest BCUT2D eigenvalue weighted by molar-refractivity contribution is 5.08. The molecular weight excluding hydrogens is 188 g/mol. The minimum absolute atomic E-state index is 0.140. The molecule has 1 aromatic heterocycles. The monoisotopic (exact) mass is 206 g/mol. The minimum Gasteiger partial charge on any atom is -0.469 e. The van der Waals surface area contributed by atoms with Crippen LogP contribution in [0.2, 0.25) is 0 Å². The molecule has 1 N–H and O–H groups in total. The van der Waals surface area contributed by atoms with E-state index in [2.05, 4.69) is 0 Å². The third kappa shape index (κ3) is 1.43. The molecule has 0 amide bonds. The highest BCUT2D eigenvalue weighted by Crippen LogP contribution is 2.57. The van der Waals surface area contributed by atoms with Crippen molar-refractivity contribution in [1.29, 1.82) is 0 Å². The number of aliphatic hydroxyl groups is 1. The molecule has 2 nitrogen and oxygen atoms in total. The smallest absolute Gasteiger partial charge is 0.104 e. The lowest BCUT2D eigenvalue weighted by Crippen LogP contribution is -2.33. The maximum atomic E-state index is 9.70. The number of fused-ring (bicyclic) bond motifs is 2. The Balaban J connectivity index is 1.82. The van der Waals surface area contributed by atoms with Crippen molar-refractivity contribution >= 4 is 0 Å². The van der Waals surface area contributed by atoms with E-state index in [9.17, 15) is 5.11 Å². The zero-order chi connectivity index (χ0) is 10.3. The molecular formula is C13H18O2. The molecule has 2 aliphatic rings. The summed E-state index contributed by atoms with van der Waals surface area (Å²) in [5.41, 5.74) is 0.140. The summed E-state index contributed by atoms with van der Waals surface area (Å²) in [6, 6.07) is 3.97. The van der Waals surface area contributed by atoms with Crippen molar-refractivity contribution in [2.24, 2.45) is 17.3 Å². The Bertz CT molecular complexity index is 330. The van der Waals surface area contributed by atoms with E-state index in [-0.39, 0.29) is 5.41 Å². The van der Waals surface area contributed by atoms with Gasteiger partial charge < -0.3 is 9.52 Å². The van der Waals surface area contributed by atoms with Gasteiger partial charge in [-0.25, -0.2) is 0 Å². The lowest BCUT2D eigenvalue weighted by molar-refractivity contribution is 0.0600. The van der Waals surface area contributed by atoms with Crippen molar-refractivity contribution < 1.29 is 9.52 Å². The summed E-state index contributed by atoms with van der Waals surface area (Å²) in [6.45, 7) is 0.328. The highest BCUT2D eigenvalue weighted by atomic mass is 16.3. The SMILES string of the molecule is OCC1(Cc2ccco2)CC2CCC1C2. The summed E-state index contributed by atoms with van der Waals surface area (Å²) in [5, 5.41) is 9.70. The van der Waals surface area contributed by atoms with E-state index in [1.807, 2.05) is 12.1 Å². The molecule has 15 heavy (non-hydrogen) atoms. The van der Waals surface area contributed by atoms with Gasteiger partial charge in [0.1, 0.15) is 5.76 Å². The molecule has 1 aromatic rings. The van der Waals surface area contributed by atoms with E-state index >= 15 is 0 Å². The third-order valence-electron chi connectivity index (χ3n) is 4.52. The highest BCUT2D eigenvalue weighted by Gasteiger charge is 2.50. The van der Waals surface area contributed by atoms with Crippen molar-refractivity contribution in [3.05, 3.63) is 24.2 Å². The van der Waals surface area contributed by atoms with Crippen LogP contribution in [0.4, 0.5) is 0 Å². The van der Waals surface area contributed by atoms with Crippen LogP contribution in [-0.4, -0.2) is 11.7 Å². The van der Waals surface area contributed by atoms with E-state index in [4.69, 9.17) is 4.42 Å². The predicted molar refractivity (Wildman–Crippen MR) is 57.4 cm³/mol. The average Bonchev–Trinajstić information content (AvgIpc) is 2.93. The average molecular weight is 206 g/mol. The van der Waals surface area contributed by atoms with Crippen LogP contribution in [0.3, 0.4) is 0 Å². The molecule has 0 aliphatic heterocycles. The molecule has 2 saturated carbocycles. The van der Waals surface area contributed by atoms with Crippen molar-refractivity contribution in [3.8, 4) is 0 Å². The summed E-state index contributed by atoms with van der Waals surface area (Å²) in [6.07, 6.45) is 7.89. The van der Waals surface area contributed by atoms with Gasteiger partial charge in [-0.3, -0.25) is 0 Å². The van der Waals surface area contributed by atoms with Gasteiger partial charge in [0.25, 0.3) is 0 Å². The molecule has 2 heteroatoms. The fourth-order valence-corrected chi connectivity index (χ4v) is 3.78. The van der Waals surface area contributed by atoms with Gasteiger partial charge in [0.05, 0.1) is 6.26 Å². The van der Waals surface area contributed by atoms with Crippen molar-refractivity contribution in [2.75, 3.05) is 6.61 Å². The largest absolute Gasteiger partial charge is 0.469 e. The van der Waals surface area contributed by atoms with E-state index in [1.54, 1.807) is 6.26 Å². The normalized spacial score (nSPS) is 38.7. The molecule has 82 valence electrons. The van der Waals surface area contributed by atoms with Crippen molar-refractivity contribution in [1.82, 2.24) is 0 Å². The molecule has 2 fully saturated rings. The van der Waals surface area contributed by atoms with Gasteiger partial charge in [-0.1, -0.05) is 6.42 Å². The number of hydrogen-bond acceptors (Lipinski definition) is 2. The van der Waals surface area contributed by atoms with Gasteiger partial charge >= 0.3 is 0 Å². The molecule has 0 spiro atoms. The maximum Gasteiger partial charge on any atom is 0.104 e. The lowest BCUT2D eigenvalue weighted by Gasteiger charge is -2.35.